The fraction of sp³-hybridized carbons (Fsp3) is 0.200. The molecule has 0 atom stereocenters. The number of imidazole rings is 1. The SMILES string of the molecule is CNc1nc2ccccc2n2c(-c3c(OC)cc(OC)cc3OC)cnc12. The summed E-state index contributed by atoms with van der Waals surface area (Å²) in [4.78, 5) is 9.27. The smallest absolute Gasteiger partial charge is 0.181 e. The Hall–Kier alpha value is -3.48. The predicted molar refractivity (Wildman–Crippen MR) is 105 cm³/mol. The second-order valence-corrected chi connectivity index (χ2v) is 5.91. The van der Waals surface area contributed by atoms with E-state index in [0.717, 1.165) is 27.9 Å². The zero-order valence-corrected chi connectivity index (χ0v) is 15.6. The summed E-state index contributed by atoms with van der Waals surface area (Å²) in [6.07, 6.45) is 1.80. The van der Waals surface area contributed by atoms with Crippen molar-refractivity contribution in [2.45, 2.75) is 0 Å². The normalized spacial score (nSPS) is 11.0. The number of nitrogens with one attached hydrogen (secondary N) is 1. The van der Waals surface area contributed by atoms with Crippen LogP contribution in [0.4, 0.5) is 5.82 Å². The predicted octanol–water partition coefficient (Wildman–Crippen LogP) is 3.62. The molecule has 0 aliphatic carbocycles. The number of rotatable bonds is 5. The van der Waals surface area contributed by atoms with Gasteiger partial charge in [-0.25, -0.2) is 9.97 Å². The lowest BCUT2D eigenvalue weighted by Crippen LogP contribution is -2.02. The largest absolute Gasteiger partial charge is 0.496 e. The van der Waals surface area contributed by atoms with Crippen LogP contribution in [0.5, 0.6) is 17.2 Å². The molecule has 0 amide bonds. The highest BCUT2D eigenvalue weighted by molar-refractivity contribution is 5.88. The average Bonchev–Trinajstić information content (AvgIpc) is 3.17. The van der Waals surface area contributed by atoms with Gasteiger partial charge < -0.3 is 19.5 Å². The lowest BCUT2D eigenvalue weighted by atomic mass is 10.1. The van der Waals surface area contributed by atoms with Gasteiger partial charge in [-0.3, -0.25) is 4.40 Å². The summed E-state index contributed by atoms with van der Waals surface area (Å²) in [6, 6.07) is 11.6. The zero-order valence-electron chi connectivity index (χ0n) is 15.6. The molecule has 0 unspecified atom stereocenters. The van der Waals surface area contributed by atoms with Gasteiger partial charge in [0, 0.05) is 19.2 Å². The zero-order chi connectivity index (χ0) is 19.0. The fourth-order valence-electron chi connectivity index (χ4n) is 3.28. The van der Waals surface area contributed by atoms with Gasteiger partial charge in [-0.05, 0) is 12.1 Å². The molecule has 0 aliphatic heterocycles. The molecule has 4 aromatic rings. The summed E-state index contributed by atoms with van der Waals surface area (Å²) >= 11 is 0. The number of hydrogen-bond acceptors (Lipinski definition) is 6. The van der Waals surface area contributed by atoms with Crippen LogP contribution < -0.4 is 19.5 Å². The van der Waals surface area contributed by atoms with Crippen molar-refractivity contribution in [1.29, 1.82) is 0 Å². The fourth-order valence-corrected chi connectivity index (χ4v) is 3.28. The molecule has 0 bridgehead atoms. The number of anilines is 1. The van der Waals surface area contributed by atoms with E-state index in [1.54, 1.807) is 27.5 Å². The number of ether oxygens (including phenoxy) is 3. The van der Waals surface area contributed by atoms with Gasteiger partial charge in [0.15, 0.2) is 11.5 Å². The summed E-state index contributed by atoms with van der Waals surface area (Å²) in [5, 5.41) is 3.13. The van der Waals surface area contributed by atoms with Crippen LogP contribution in [0.1, 0.15) is 0 Å². The van der Waals surface area contributed by atoms with E-state index in [9.17, 15) is 0 Å². The molecule has 27 heavy (non-hydrogen) atoms. The summed E-state index contributed by atoms with van der Waals surface area (Å²) in [5.74, 6) is 2.63. The van der Waals surface area contributed by atoms with E-state index < -0.39 is 0 Å². The minimum Gasteiger partial charge on any atom is -0.496 e. The molecule has 0 saturated carbocycles. The first-order valence-electron chi connectivity index (χ1n) is 8.46. The van der Waals surface area contributed by atoms with Gasteiger partial charge in [-0.1, -0.05) is 12.1 Å². The van der Waals surface area contributed by atoms with E-state index in [0.29, 0.717) is 23.1 Å². The van der Waals surface area contributed by atoms with Crippen LogP contribution in [0.3, 0.4) is 0 Å². The first-order chi connectivity index (χ1) is 13.2. The standard InChI is InChI=1S/C20H20N4O3/c1-21-19-20-22-11-15(24(20)14-8-6-5-7-13(14)23-19)18-16(26-3)9-12(25-2)10-17(18)27-4/h5-11H,1-4H3,(H,21,23). The molecule has 138 valence electrons. The molecule has 0 spiro atoms. The molecule has 0 saturated heterocycles. The minimum atomic E-state index is 0.639. The Bertz CT molecular complexity index is 1110. The van der Waals surface area contributed by atoms with Crippen LogP contribution in [0.25, 0.3) is 27.9 Å². The van der Waals surface area contributed by atoms with E-state index in [1.165, 1.54) is 0 Å². The first kappa shape index (κ1) is 17.0. The molecule has 0 aliphatic rings. The van der Waals surface area contributed by atoms with Crippen LogP contribution in [0.15, 0.2) is 42.6 Å². The van der Waals surface area contributed by atoms with Crippen molar-refractivity contribution in [3.63, 3.8) is 0 Å². The van der Waals surface area contributed by atoms with Crippen LogP contribution in [-0.4, -0.2) is 42.7 Å². The topological polar surface area (TPSA) is 69.9 Å². The first-order valence-corrected chi connectivity index (χ1v) is 8.46. The summed E-state index contributed by atoms with van der Waals surface area (Å²) in [5.41, 5.74) is 4.17. The molecule has 0 radical (unpaired) electrons. The monoisotopic (exact) mass is 364 g/mol. The van der Waals surface area contributed by atoms with Crippen molar-refractivity contribution in [2.75, 3.05) is 33.7 Å². The maximum Gasteiger partial charge on any atom is 0.181 e. The van der Waals surface area contributed by atoms with Gasteiger partial charge in [0.2, 0.25) is 0 Å². The molecule has 1 N–H and O–H groups in total. The quantitative estimate of drug-likeness (QED) is 0.583. The maximum absolute atomic E-state index is 5.64. The summed E-state index contributed by atoms with van der Waals surface area (Å²) in [7, 11) is 6.69. The molecule has 2 heterocycles. The Morgan fingerprint density at radius 3 is 2.30 bits per heavy atom. The summed E-state index contributed by atoms with van der Waals surface area (Å²) < 4.78 is 18.7. The Morgan fingerprint density at radius 1 is 0.963 bits per heavy atom. The number of hydrogen-bond donors (Lipinski definition) is 1. The molecule has 7 heteroatoms. The number of aromatic nitrogens is 3. The van der Waals surface area contributed by atoms with Crippen molar-refractivity contribution in [3.05, 3.63) is 42.6 Å². The van der Waals surface area contributed by atoms with Crippen LogP contribution in [-0.2, 0) is 0 Å². The van der Waals surface area contributed by atoms with Crippen molar-refractivity contribution in [3.8, 4) is 28.5 Å². The van der Waals surface area contributed by atoms with Gasteiger partial charge in [0.05, 0.1) is 49.8 Å². The third-order valence-corrected chi connectivity index (χ3v) is 4.54. The van der Waals surface area contributed by atoms with E-state index in [4.69, 9.17) is 14.2 Å². The van der Waals surface area contributed by atoms with Gasteiger partial charge in [0.25, 0.3) is 0 Å². The lowest BCUT2D eigenvalue weighted by molar-refractivity contribution is 0.377. The highest BCUT2D eigenvalue weighted by atomic mass is 16.5. The van der Waals surface area contributed by atoms with Gasteiger partial charge in [0.1, 0.15) is 17.2 Å². The van der Waals surface area contributed by atoms with Gasteiger partial charge in [-0.15, -0.1) is 0 Å². The third kappa shape index (κ3) is 2.59. The number of benzene rings is 2. The molecule has 7 nitrogen and oxygen atoms in total. The number of methoxy groups -OCH3 is 3. The Morgan fingerprint density at radius 2 is 1.67 bits per heavy atom. The highest BCUT2D eigenvalue weighted by Gasteiger charge is 2.21. The Labute approximate surface area is 156 Å². The maximum atomic E-state index is 5.64. The lowest BCUT2D eigenvalue weighted by Gasteiger charge is -2.16. The molecule has 0 fully saturated rings. The van der Waals surface area contributed by atoms with Crippen LogP contribution in [0, 0.1) is 0 Å². The second-order valence-electron chi connectivity index (χ2n) is 5.91. The number of fused-ring (bicyclic) bond motifs is 3. The van der Waals surface area contributed by atoms with E-state index in [2.05, 4.69) is 19.7 Å². The molecular formula is C20H20N4O3. The van der Waals surface area contributed by atoms with Crippen molar-refractivity contribution < 1.29 is 14.2 Å². The van der Waals surface area contributed by atoms with Crippen molar-refractivity contribution in [1.82, 2.24) is 14.4 Å². The van der Waals surface area contributed by atoms with Crippen molar-refractivity contribution >= 4 is 22.5 Å². The van der Waals surface area contributed by atoms with Crippen LogP contribution >= 0.6 is 0 Å². The number of nitrogens with zero attached hydrogens (tertiary/aromatic N) is 3. The Kier molecular flexibility index (Phi) is 4.19. The Balaban J connectivity index is 2.13. The molecule has 2 aromatic heterocycles. The molecule has 4 rings (SSSR count). The molecule has 2 aromatic carbocycles. The highest BCUT2D eigenvalue weighted by Crippen LogP contribution is 2.42. The van der Waals surface area contributed by atoms with Gasteiger partial charge in [-0.2, -0.15) is 0 Å². The summed E-state index contributed by atoms with van der Waals surface area (Å²) in [6.45, 7) is 0. The van der Waals surface area contributed by atoms with Gasteiger partial charge >= 0.3 is 0 Å². The van der Waals surface area contributed by atoms with Crippen LogP contribution in [0.2, 0.25) is 0 Å². The second kappa shape index (κ2) is 6.68. The number of para-hydroxylation sites is 2. The third-order valence-electron chi connectivity index (χ3n) is 4.54. The van der Waals surface area contributed by atoms with Crippen molar-refractivity contribution in [2.24, 2.45) is 0 Å². The average molecular weight is 364 g/mol. The van der Waals surface area contributed by atoms with E-state index in [1.807, 2.05) is 43.4 Å². The minimum absolute atomic E-state index is 0.639. The van der Waals surface area contributed by atoms with E-state index in [-0.39, 0.29) is 0 Å². The molecular weight excluding hydrogens is 344 g/mol. The van der Waals surface area contributed by atoms with E-state index >= 15 is 0 Å².